The number of ether oxygens (including phenoxy) is 1. The first kappa shape index (κ1) is 32.8. The number of fused-ring (bicyclic) bond motifs is 1. The summed E-state index contributed by atoms with van der Waals surface area (Å²) in [6, 6.07) is 26.2. The number of alkyl carbamates (subject to hydrolysis) is 1. The van der Waals surface area contributed by atoms with Crippen molar-refractivity contribution in [2.45, 2.75) is 57.6 Å². The van der Waals surface area contributed by atoms with Crippen molar-refractivity contribution >= 4 is 45.2 Å². The highest BCUT2D eigenvalue weighted by Gasteiger charge is 2.32. The van der Waals surface area contributed by atoms with Crippen LogP contribution in [0.25, 0.3) is 10.2 Å². The summed E-state index contributed by atoms with van der Waals surface area (Å²) < 4.78 is 6.18. The van der Waals surface area contributed by atoms with Gasteiger partial charge in [0, 0.05) is 26.1 Å². The maximum absolute atomic E-state index is 13.7. The fourth-order valence-electron chi connectivity index (χ4n) is 5.59. The lowest BCUT2D eigenvalue weighted by Crippen LogP contribution is -2.49. The molecule has 1 aliphatic heterocycles. The van der Waals surface area contributed by atoms with Gasteiger partial charge in [-0.05, 0) is 61.8 Å². The minimum absolute atomic E-state index is 0.0400. The zero-order valence-corrected chi connectivity index (χ0v) is 26.7. The number of rotatable bonds is 14. The van der Waals surface area contributed by atoms with Crippen molar-refractivity contribution in [2.75, 3.05) is 19.6 Å². The van der Waals surface area contributed by atoms with Crippen molar-refractivity contribution in [1.82, 2.24) is 20.5 Å². The SMILES string of the molecule is O=C(NCCCC[C@H](NC(=O)[C@@H]1CCCN(C(=O)CCc2ccccc2)C1)C(=O)c1nc2ccccc2s1)OCc1ccccc1. The van der Waals surface area contributed by atoms with Crippen LogP contribution in [0.15, 0.2) is 84.9 Å². The lowest BCUT2D eigenvalue weighted by Gasteiger charge is -2.33. The number of thiazole rings is 1. The summed E-state index contributed by atoms with van der Waals surface area (Å²) in [5.41, 5.74) is 2.76. The van der Waals surface area contributed by atoms with E-state index in [1.165, 1.54) is 11.3 Å². The summed E-state index contributed by atoms with van der Waals surface area (Å²) in [6.07, 6.45) is 3.54. The number of hydrogen-bond acceptors (Lipinski definition) is 7. The molecule has 0 spiro atoms. The zero-order chi connectivity index (χ0) is 32.1. The molecule has 4 aromatic rings. The first-order chi connectivity index (χ1) is 22.5. The summed E-state index contributed by atoms with van der Waals surface area (Å²) in [5.74, 6) is -0.793. The lowest BCUT2D eigenvalue weighted by molar-refractivity contribution is -0.135. The van der Waals surface area contributed by atoms with Crippen LogP contribution in [-0.2, 0) is 27.4 Å². The number of aromatic nitrogens is 1. The Bertz CT molecular complexity index is 1580. The molecule has 3 amide bonds. The average Bonchev–Trinajstić information content (AvgIpc) is 3.54. The van der Waals surface area contributed by atoms with Gasteiger partial charge in [0.05, 0.1) is 22.2 Å². The molecule has 46 heavy (non-hydrogen) atoms. The van der Waals surface area contributed by atoms with Crippen molar-refractivity contribution in [3.8, 4) is 0 Å². The molecule has 1 aliphatic rings. The molecule has 2 heterocycles. The third kappa shape index (κ3) is 9.47. The fraction of sp³-hybridized carbons (Fsp3) is 0.361. The molecule has 5 rings (SSSR count). The van der Waals surface area contributed by atoms with Gasteiger partial charge in [-0.3, -0.25) is 14.4 Å². The number of hydrogen-bond donors (Lipinski definition) is 2. The molecule has 0 unspecified atom stereocenters. The Morgan fingerprint density at radius 2 is 1.63 bits per heavy atom. The molecule has 9 nitrogen and oxygen atoms in total. The number of carbonyl (C=O) groups excluding carboxylic acids is 4. The second-order valence-corrected chi connectivity index (χ2v) is 12.6. The monoisotopic (exact) mass is 640 g/mol. The number of piperidine rings is 1. The number of para-hydroxylation sites is 1. The standard InChI is InChI=1S/C36H40N4O5S/c41-32(21-20-26-12-3-1-4-13-26)40-23-11-16-28(24-40)34(43)38-30(33(42)35-39-29-17-7-8-19-31(29)46-35)18-9-10-22-37-36(44)45-25-27-14-5-2-6-15-27/h1-8,12-15,17,19,28,30H,9-11,16,18,20-25H2,(H,37,44)(H,38,43)/t28-,30+/m1/s1. The molecule has 3 aromatic carbocycles. The minimum atomic E-state index is -0.762. The number of likely N-dealkylation sites (tertiary alicyclic amines) is 1. The molecule has 10 heteroatoms. The van der Waals surface area contributed by atoms with Gasteiger partial charge in [0.15, 0.2) is 5.01 Å². The first-order valence-corrected chi connectivity index (χ1v) is 16.7. The van der Waals surface area contributed by atoms with Crippen LogP contribution < -0.4 is 10.6 Å². The van der Waals surface area contributed by atoms with E-state index in [9.17, 15) is 19.2 Å². The zero-order valence-electron chi connectivity index (χ0n) is 25.9. The van der Waals surface area contributed by atoms with Crippen molar-refractivity contribution in [2.24, 2.45) is 5.92 Å². The summed E-state index contributed by atoms with van der Waals surface area (Å²) in [4.78, 5) is 58.7. The van der Waals surface area contributed by atoms with E-state index in [1.807, 2.05) is 84.9 Å². The maximum atomic E-state index is 13.7. The number of benzene rings is 3. The van der Waals surface area contributed by atoms with Crippen LogP contribution in [0, 0.1) is 5.92 Å². The number of unbranched alkanes of at least 4 members (excludes halogenated alkanes) is 1. The Morgan fingerprint density at radius 1 is 0.913 bits per heavy atom. The van der Waals surface area contributed by atoms with Crippen LogP contribution >= 0.6 is 11.3 Å². The Morgan fingerprint density at radius 3 is 2.39 bits per heavy atom. The van der Waals surface area contributed by atoms with Crippen LogP contribution in [0.5, 0.6) is 0 Å². The van der Waals surface area contributed by atoms with Gasteiger partial charge in [-0.2, -0.15) is 0 Å². The highest BCUT2D eigenvalue weighted by molar-refractivity contribution is 7.20. The molecule has 240 valence electrons. The summed E-state index contributed by atoms with van der Waals surface area (Å²) >= 11 is 1.32. The molecule has 2 N–H and O–H groups in total. The van der Waals surface area contributed by atoms with Gasteiger partial charge < -0.3 is 20.3 Å². The number of carbonyl (C=O) groups is 4. The summed E-state index contributed by atoms with van der Waals surface area (Å²) in [5, 5.41) is 6.12. The fourth-order valence-corrected chi connectivity index (χ4v) is 6.55. The molecular formula is C36H40N4O5S. The molecule has 2 atom stereocenters. The van der Waals surface area contributed by atoms with Crippen LogP contribution in [-0.4, -0.2) is 59.3 Å². The van der Waals surface area contributed by atoms with E-state index in [4.69, 9.17) is 4.74 Å². The van der Waals surface area contributed by atoms with E-state index >= 15 is 0 Å². The largest absolute Gasteiger partial charge is 0.445 e. The molecular weight excluding hydrogens is 600 g/mol. The van der Waals surface area contributed by atoms with Gasteiger partial charge in [-0.15, -0.1) is 11.3 Å². The predicted octanol–water partition coefficient (Wildman–Crippen LogP) is 5.93. The third-order valence-electron chi connectivity index (χ3n) is 8.15. The number of nitrogens with zero attached hydrogens (tertiary/aromatic N) is 2. The van der Waals surface area contributed by atoms with Gasteiger partial charge in [0.1, 0.15) is 6.61 Å². The molecule has 1 saturated heterocycles. The van der Waals surface area contributed by atoms with Crippen LogP contribution in [0.1, 0.15) is 59.5 Å². The second kappa shape index (κ2) is 16.7. The third-order valence-corrected chi connectivity index (χ3v) is 9.21. The Balaban J connectivity index is 1.15. The smallest absolute Gasteiger partial charge is 0.407 e. The van der Waals surface area contributed by atoms with Crippen molar-refractivity contribution in [1.29, 1.82) is 0 Å². The van der Waals surface area contributed by atoms with Crippen molar-refractivity contribution < 1.29 is 23.9 Å². The Hall–Kier alpha value is -4.57. The van der Waals surface area contributed by atoms with Crippen molar-refractivity contribution in [3.05, 3.63) is 101 Å². The highest BCUT2D eigenvalue weighted by atomic mass is 32.1. The van der Waals surface area contributed by atoms with Crippen LogP contribution in [0.3, 0.4) is 0 Å². The number of aryl methyl sites for hydroxylation is 1. The summed E-state index contributed by atoms with van der Waals surface area (Å²) in [7, 11) is 0. The maximum Gasteiger partial charge on any atom is 0.407 e. The van der Waals surface area contributed by atoms with Gasteiger partial charge >= 0.3 is 6.09 Å². The lowest BCUT2D eigenvalue weighted by atomic mass is 9.95. The Kier molecular flexibility index (Phi) is 11.9. The van der Waals surface area contributed by atoms with E-state index < -0.39 is 12.1 Å². The summed E-state index contributed by atoms with van der Waals surface area (Å²) in [6.45, 7) is 1.55. The van der Waals surface area contributed by atoms with Gasteiger partial charge in [-0.1, -0.05) is 72.8 Å². The first-order valence-electron chi connectivity index (χ1n) is 15.9. The highest BCUT2D eigenvalue weighted by Crippen LogP contribution is 2.24. The molecule has 0 aliphatic carbocycles. The second-order valence-electron chi connectivity index (χ2n) is 11.6. The molecule has 0 bridgehead atoms. The van der Waals surface area contributed by atoms with Gasteiger partial charge in [-0.25, -0.2) is 9.78 Å². The molecule has 1 fully saturated rings. The predicted molar refractivity (Wildman–Crippen MR) is 178 cm³/mol. The normalized spacial score (nSPS) is 15.2. The van der Waals surface area contributed by atoms with E-state index in [-0.39, 0.29) is 30.1 Å². The van der Waals surface area contributed by atoms with E-state index in [0.29, 0.717) is 63.2 Å². The van der Waals surface area contributed by atoms with Crippen LogP contribution in [0.4, 0.5) is 4.79 Å². The molecule has 1 aromatic heterocycles. The van der Waals surface area contributed by atoms with Gasteiger partial charge in [0.25, 0.3) is 0 Å². The van der Waals surface area contributed by atoms with Crippen molar-refractivity contribution in [3.63, 3.8) is 0 Å². The molecule has 0 radical (unpaired) electrons. The quantitative estimate of drug-likeness (QED) is 0.130. The average molecular weight is 641 g/mol. The van der Waals surface area contributed by atoms with Crippen LogP contribution in [0.2, 0.25) is 0 Å². The topological polar surface area (TPSA) is 118 Å². The minimum Gasteiger partial charge on any atom is -0.445 e. The van der Waals surface area contributed by atoms with E-state index in [2.05, 4.69) is 15.6 Å². The van der Waals surface area contributed by atoms with E-state index in [1.54, 1.807) is 4.90 Å². The number of Topliss-reactive ketones (excluding diaryl/α,β-unsaturated/α-hetero) is 1. The number of ketones is 1. The number of amides is 3. The van der Waals surface area contributed by atoms with Gasteiger partial charge in [0.2, 0.25) is 17.6 Å². The number of nitrogens with one attached hydrogen (secondary N) is 2. The van der Waals surface area contributed by atoms with E-state index in [0.717, 1.165) is 27.8 Å². The Labute approximate surface area is 273 Å². The molecule has 0 saturated carbocycles.